The highest BCUT2D eigenvalue weighted by molar-refractivity contribution is 5.87. The Kier molecular flexibility index (Phi) is 2.57. The van der Waals surface area contributed by atoms with E-state index in [2.05, 4.69) is 10.6 Å². The van der Waals surface area contributed by atoms with Gasteiger partial charge in [0.15, 0.2) is 0 Å². The number of methoxy groups -OCH3 is 1. The van der Waals surface area contributed by atoms with E-state index in [4.69, 9.17) is 10.00 Å². The van der Waals surface area contributed by atoms with Crippen LogP contribution in [0.25, 0.3) is 10.9 Å². The lowest BCUT2D eigenvalue weighted by Gasteiger charge is -2.01. The predicted octanol–water partition coefficient (Wildman–Crippen LogP) is 2.56. The third kappa shape index (κ3) is 1.43. The van der Waals surface area contributed by atoms with Crippen LogP contribution in [0.1, 0.15) is 11.3 Å². The highest BCUT2D eigenvalue weighted by Crippen LogP contribution is 2.28. The predicted molar refractivity (Wildman–Crippen MR) is 63.5 cm³/mol. The largest absolute Gasteiger partial charge is 0.497 e. The zero-order chi connectivity index (χ0) is 11.7. The lowest BCUT2D eigenvalue weighted by molar-refractivity contribution is 0.415. The summed E-state index contributed by atoms with van der Waals surface area (Å²) < 4.78 is 7.31. The van der Waals surface area contributed by atoms with Crippen LogP contribution < -0.4 is 4.74 Å². The van der Waals surface area contributed by atoms with Crippen LogP contribution in [0.2, 0.25) is 0 Å². The summed E-state index contributed by atoms with van der Waals surface area (Å²) in [6.45, 7) is 2.04. The molecule has 0 bridgehead atoms. The SMILES string of the molecule is COc1ccc2c(CC#N)c(C)n(C)c2c1. The van der Waals surface area contributed by atoms with E-state index in [-0.39, 0.29) is 0 Å². The zero-order valence-corrected chi connectivity index (χ0v) is 9.74. The molecule has 0 spiro atoms. The number of hydrogen-bond acceptors (Lipinski definition) is 2. The molecule has 0 amide bonds. The molecule has 0 saturated heterocycles. The minimum absolute atomic E-state index is 0.454. The molecule has 1 aromatic heterocycles. The number of hydrogen-bond donors (Lipinski definition) is 0. The van der Waals surface area contributed by atoms with Gasteiger partial charge in [0.1, 0.15) is 5.75 Å². The maximum atomic E-state index is 8.83. The highest BCUT2D eigenvalue weighted by atomic mass is 16.5. The molecule has 0 radical (unpaired) electrons. The van der Waals surface area contributed by atoms with Crippen molar-refractivity contribution in [3.8, 4) is 11.8 Å². The standard InChI is InChI=1S/C13H14N2O/c1-9-11(6-7-14)12-5-4-10(16-3)8-13(12)15(9)2/h4-5,8H,6H2,1-3H3. The number of fused-ring (bicyclic) bond motifs is 1. The molecule has 1 aromatic carbocycles. The summed E-state index contributed by atoms with van der Waals surface area (Å²) in [6.07, 6.45) is 0.454. The van der Waals surface area contributed by atoms with Gasteiger partial charge >= 0.3 is 0 Å². The maximum absolute atomic E-state index is 8.83. The molecule has 2 rings (SSSR count). The van der Waals surface area contributed by atoms with Crippen LogP contribution in [0.3, 0.4) is 0 Å². The van der Waals surface area contributed by atoms with Gasteiger partial charge in [0, 0.05) is 24.2 Å². The van der Waals surface area contributed by atoms with Gasteiger partial charge in [-0.15, -0.1) is 0 Å². The van der Waals surface area contributed by atoms with Crippen LogP contribution in [0.15, 0.2) is 18.2 Å². The topological polar surface area (TPSA) is 37.9 Å². The Hall–Kier alpha value is -1.95. The van der Waals surface area contributed by atoms with Crippen molar-refractivity contribution in [2.75, 3.05) is 7.11 Å². The summed E-state index contributed by atoms with van der Waals surface area (Å²) in [4.78, 5) is 0. The van der Waals surface area contributed by atoms with Gasteiger partial charge in [-0.1, -0.05) is 0 Å². The second-order valence-corrected chi connectivity index (χ2v) is 3.84. The number of nitriles is 1. The molecule has 16 heavy (non-hydrogen) atoms. The fourth-order valence-electron chi connectivity index (χ4n) is 2.05. The number of aromatic nitrogens is 1. The normalized spacial score (nSPS) is 10.4. The van der Waals surface area contributed by atoms with E-state index in [9.17, 15) is 0 Å². The van der Waals surface area contributed by atoms with Gasteiger partial charge in [-0.05, 0) is 24.6 Å². The van der Waals surface area contributed by atoms with Gasteiger partial charge in [-0.3, -0.25) is 0 Å². The molecule has 1 heterocycles. The average Bonchev–Trinajstić information content (AvgIpc) is 2.54. The summed E-state index contributed by atoms with van der Waals surface area (Å²) in [5.74, 6) is 0.844. The van der Waals surface area contributed by atoms with E-state index in [0.29, 0.717) is 6.42 Å². The Morgan fingerprint density at radius 1 is 1.44 bits per heavy atom. The monoisotopic (exact) mass is 214 g/mol. The van der Waals surface area contributed by atoms with E-state index in [0.717, 1.165) is 27.9 Å². The van der Waals surface area contributed by atoms with Crippen LogP contribution in [0.4, 0.5) is 0 Å². The van der Waals surface area contributed by atoms with Crippen LogP contribution in [0.5, 0.6) is 5.75 Å². The molecule has 0 aliphatic carbocycles. The second kappa shape index (κ2) is 3.90. The molecule has 2 aromatic rings. The van der Waals surface area contributed by atoms with Gasteiger partial charge in [0.05, 0.1) is 25.1 Å². The Balaban J connectivity index is 2.75. The Morgan fingerprint density at radius 2 is 2.19 bits per heavy atom. The molecule has 0 fully saturated rings. The molecule has 0 aliphatic heterocycles. The fraction of sp³-hybridized carbons (Fsp3) is 0.308. The van der Waals surface area contributed by atoms with Crippen molar-refractivity contribution in [1.29, 1.82) is 5.26 Å². The van der Waals surface area contributed by atoms with E-state index in [1.54, 1.807) is 7.11 Å². The fourth-order valence-corrected chi connectivity index (χ4v) is 2.05. The molecule has 82 valence electrons. The van der Waals surface area contributed by atoms with Crippen molar-refractivity contribution in [2.24, 2.45) is 7.05 Å². The highest BCUT2D eigenvalue weighted by Gasteiger charge is 2.11. The quantitative estimate of drug-likeness (QED) is 0.770. The van der Waals surface area contributed by atoms with Gasteiger partial charge < -0.3 is 9.30 Å². The third-order valence-electron chi connectivity index (χ3n) is 3.09. The minimum Gasteiger partial charge on any atom is -0.497 e. The van der Waals surface area contributed by atoms with E-state index >= 15 is 0 Å². The van der Waals surface area contributed by atoms with Gasteiger partial charge in [0.2, 0.25) is 0 Å². The Morgan fingerprint density at radius 3 is 2.81 bits per heavy atom. The molecular formula is C13H14N2O. The first-order valence-corrected chi connectivity index (χ1v) is 5.18. The number of nitrogens with zero attached hydrogens (tertiary/aromatic N) is 2. The number of aryl methyl sites for hydroxylation is 1. The molecule has 3 heteroatoms. The molecule has 0 saturated carbocycles. The first-order valence-electron chi connectivity index (χ1n) is 5.18. The van der Waals surface area contributed by atoms with E-state index < -0.39 is 0 Å². The van der Waals surface area contributed by atoms with Crippen molar-refractivity contribution in [3.05, 3.63) is 29.5 Å². The molecule has 0 N–H and O–H groups in total. The molecular weight excluding hydrogens is 200 g/mol. The van der Waals surface area contributed by atoms with Gasteiger partial charge in [0.25, 0.3) is 0 Å². The Labute approximate surface area is 94.9 Å². The summed E-state index contributed by atoms with van der Waals surface area (Å²) >= 11 is 0. The first kappa shape index (κ1) is 10.6. The number of ether oxygens (including phenoxy) is 1. The zero-order valence-electron chi connectivity index (χ0n) is 9.74. The second-order valence-electron chi connectivity index (χ2n) is 3.84. The van der Waals surface area contributed by atoms with Crippen molar-refractivity contribution in [2.45, 2.75) is 13.3 Å². The number of benzene rings is 1. The summed E-state index contributed by atoms with van der Waals surface area (Å²) in [7, 11) is 3.67. The lowest BCUT2D eigenvalue weighted by atomic mass is 10.1. The van der Waals surface area contributed by atoms with Gasteiger partial charge in [-0.25, -0.2) is 0 Å². The van der Waals surface area contributed by atoms with Crippen molar-refractivity contribution in [3.63, 3.8) is 0 Å². The third-order valence-corrected chi connectivity index (χ3v) is 3.09. The molecule has 0 aliphatic rings. The van der Waals surface area contributed by atoms with Crippen molar-refractivity contribution >= 4 is 10.9 Å². The molecule has 3 nitrogen and oxygen atoms in total. The average molecular weight is 214 g/mol. The first-order chi connectivity index (χ1) is 7.69. The summed E-state index contributed by atoms with van der Waals surface area (Å²) in [5, 5.41) is 9.97. The van der Waals surface area contributed by atoms with Crippen molar-refractivity contribution in [1.82, 2.24) is 4.57 Å². The number of rotatable bonds is 2. The maximum Gasteiger partial charge on any atom is 0.120 e. The van der Waals surface area contributed by atoms with E-state index in [1.165, 1.54) is 0 Å². The van der Waals surface area contributed by atoms with Crippen LogP contribution >= 0.6 is 0 Å². The van der Waals surface area contributed by atoms with Crippen molar-refractivity contribution < 1.29 is 4.74 Å². The molecule has 0 atom stereocenters. The van der Waals surface area contributed by atoms with E-state index in [1.807, 2.05) is 32.2 Å². The lowest BCUT2D eigenvalue weighted by Crippen LogP contribution is -1.92. The smallest absolute Gasteiger partial charge is 0.120 e. The summed E-state index contributed by atoms with van der Waals surface area (Å²) in [5.41, 5.74) is 3.37. The van der Waals surface area contributed by atoms with Crippen LogP contribution in [-0.4, -0.2) is 11.7 Å². The summed E-state index contributed by atoms with van der Waals surface area (Å²) in [6, 6.07) is 8.17. The Bertz CT molecular complexity index is 576. The van der Waals surface area contributed by atoms with Crippen LogP contribution in [-0.2, 0) is 13.5 Å². The van der Waals surface area contributed by atoms with Crippen LogP contribution in [0, 0.1) is 18.3 Å². The molecule has 0 unspecified atom stereocenters. The minimum atomic E-state index is 0.454. The van der Waals surface area contributed by atoms with Gasteiger partial charge in [-0.2, -0.15) is 5.26 Å².